The second-order valence-corrected chi connectivity index (χ2v) is 2.99. The topological polar surface area (TPSA) is 81.6 Å². The van der Waals surface area contributed by atoms with Crippen LogP contribution >= 0.6 is 0 Å². The molecule has 1 heterocycles. The molecule has 0 spiro atoms. The molecule has 0 aromatic rings. The highest BCUT2D eigenvalue weighted by atomic mass is 16.3. The van der Waals surface area contributed by atoms with Crippen molar-refractivity contribution in [2.75, 3.05) is 13.2 Å². The summed E-state index contributed by atoms with van der Waals surface area (Å²) < 4.78 is 0. The van der Waals surface area contributed by atoms with Crippen LogP contribution in [0.1, 0.15) is 6.92 Å². The maximum atomic E-state index is 10.6. The molecule has 1 aliphatic rings. The summed E-state index contributed by atoms with van der Waals surface area (Å²) >= 11 is 0. The van der Waals surface area contributed by atoms with Crippen LogP contribution in [0.3, 0.4) is 0 Å². The molecule has 0 radical (unpaired) electrons. The van der Waals surface area contributed by atoms with Crippen molar-refractivity contribution < 1.29 is 15.0 Å². The quantitative estimate of drug-likeness (QED) is 0.383. The van der Waals surface area contributed by atoms with E-state index < -0.39 is 6.10 Å². The molecule has 12 heavy (non-hydrogen) atoms. The van der Waals surface area contributed by atoms with Crippen LogP contribution in [0.2, 0.25) is 0 Å². The molecule has 70 valence electrons. The molecular weight excluding hydrogens is 160 g/mol. The predicted molar refractivity (Wildman–Crippen MR) is 42.5 cm³/mol. The van der Waals surface area contributed by atoms with E-state index in [0.717, 1.165) is 0 Å². The molecule has 1 amide bonds. The fraction of sp³-hybridized carbons (Fsp3) is 0.857. The van der Waals surface area contributed by atoms with Gasteiger partial charge in [-0.05, 0) is 0 Å². The molecule has 1 aliphatic heterocycles. The van der Waals surface area contributed by atoms with Gasteiger partial charge < -0.3 is 20.8 Å². The van der Waals surface area contributed by atoms with Crippen LogP contribution < -0.4 is 10.6 Å². The predicted octanol–water partition coefficient (Wildman–Crippen LogP) is -2.18. The zero-order chi connectivity index (χ0) is 9.14. The van der Waals surface area contributed by atoms with Crippen LogP contribution in [0.25, 0.3) is 0 Å². The fourth-order valence-electron chi connectivity index (χ4n) is 1.37. The Balaban J connectivity index is 2.43. The van der Waals surface area contributed by atoms with Gasteiger partial charge in [-0.15, -0.1) is 0 Å². The molecule has 1 rings (SSSR count). The largest absolute Gasteiger partial charge is 0.395 e. The number of nitrogens with one attached hydrogen (secondary N) is 2. The monoisotopic (exact) mass is 174 g/mol. The molecule has 3 atom stereocenters. The normalized spacial score (nSPS) is 35.1. The van der Waals surface area contributed by atoms with Crippen molar-refractivity contribution in [2.24, 2.45) is 0 Å². The number of carbonyl (C=O) groups is 1. The van der Waals surface area contributed by atoms with E-state index in [9.17, 15) is 9.90 Å². The Hall–Kier alpha value is -0.650. The van der Waals surface area contributed by atoms with Crippen molar-refractivity contribution in [3.8, 4) is 0 Å². The highest BCUT2D eigenvalue weighted by Gasteiger charge is 2.33. The van der Waals surface area contributed by atoms with Gasteiger partial charge in [0, 0.05) is 13.5 Å². The van der Waals surface area contributed by atoms with E-state index in [1.807, 2.05) is 0 Å². The zero-order valence-corrected chi connectivity index (χ0v) is 6.95. The van der Waals surface area contributed by atoms with Crippen molar-refractivity contribution in [3.63, 3.8) is 0 Å². The lowest BCUT2D eigenvalue weighted by Crippen LogP contribution is -2.44. The molecular formula is C7H14N2O3. The van der Waals surface area contributed by atoms with E-state index >= 15 is 0 Å². The zero-order valence-electron chi connectivity index (χ0n) is 6.95. The highest BCUT2D eigenvalue weighted by molar-refractivity contribution is 5.73. The Labute approximate surface area is 70.8 Å². The molecule has 5 nitrogen and oxygen atoms in total. The average Bonchev–Trinajstić information content (AvgIpc) is 2.32. The van der Waals surface area contributed by atoms with E-state index in [4.69, 9.17) is 5.11 Å². The second kappa shape index (κ2) is 3.84. The van der Waals surface area contributed by atoms with Gasteiger partial charge in [0.25, 0.3) is 0 Å². The van der Waals surface area contributed by atoms with Crippen LogP contribution in [0.15, 0.2) is 0 Å². The van der Waals surface area contributed by atoms with Gasteiger partial charge in [0.15, 0.2) is 0 Å². The third kappa shape index (κ3) is 1.94. The lowest BCUT2D eigenvalue weighted by molar-refractivity contribution is -0.120. The van der Waals surface area contributed by atoms with Gasteiger partial charge in [-0.1, -0.05) is 0 Å². The van der Waals surface area contributed by atoms with Crippen LogP contribution in [-0.4, -0.2) is 47.5 Å². The lowest BCUT2D eigenvalue weighted by Gasteiger charge is -2.17. The Morgan fingerprint density at radius 3 is 2.83 bits per heavy atom. The summed E-state index contributed by atoms with van der Waals surface area (Å²) in [6, 6.07) is -0.596. The molecule has 1 saturated heterocycles. The third-order valence-electron chi connectivity index (χ3n) is 2.01. The highest BCUT2D eigenvalue weighted by Crippen LogP contribution is 2.06. The van der Waals surface area contributed by atoms with Gasteiger partial charge in [-0.2, -0.15) is 0 Å². The number of aliphatic hydroxyl groups is 2. The lowest BCUT2D eigenvalue weighted by atomic mass is 10.1. The fourth-order valence-corrected chi connectivity index (χ4v) is 1.37. The summed E-state index contributed by atoms with van der Waals surface area (Å²) in [5, 5.41) is 23.7. The molecule has 0 aromatic heterocycles. The van der Waals surface area contributed by atoms with Crippen molar-refractivity contribution in [1.29, 1.82) is 0 Å². The number of hydrogen-bond acceptors (Lipinski definition) is 4. The van der Waals surface area contributed by atoms with Crippen molar-refractivity contribution in [3.05, 3.63) is 0 Å². The first-order chi connectivity index (χ1) is 5.65. The minimum Gasteiger partial charge on any atom is -0.395 e. The van der Waals surface area contributed by atoms with Gasteiger partial charge >= 0.3 is 0 Å². The molecule has 0 aliphatic carbocycles. The molecule has 5 heteroatoms. The van der Waals surface area contributed by atoms with Crippen molar-refractivity contribution in [2.45, 2.75) is 25.1 Å². The van der Waals surface area contributed by atoms with E-state index in [1.54, 1.807) is 0 Å². The molecule has 0 bridgehead atoms. The number of aliphatic hydroxyl groups excluding tert-OH is 2. The van der Waals surface area contributed by atoms with Crippen LogP contribution in [0.4, 0.5) is 0 Å². The molecule has 0 unspecified atom stereocenters. The Morgan fingerprint density at radius 1 is 1.75 bits per heavy atom. The van der Waals surface area contributed by atoms with E-state index in [1.165, 1.54) is 6.92 Å². The second-order valence-electron chi connectivity index (χ2n) is 2.99. The Morgan fingerprint density at radius 2 is 2.42 bits per heavy atom. The number of rotatable bonds is 2. The first kappa shape index (κ1) is 9.44. The van der Waals surface area contributed by atoms with Gasteiger partial charge in [-0.3, -0.25) is 4.79 Å². The minimum absolute atomic E-state index is 0.114. The minimum atomic E-state index is -0.695. The maximum Gasteiger partial charge on any atom is 0.217 e. The van der Waals surface area contributed by atoms with Gasteiger partial charge in [0.2, 0.25) is 5.91 Å². The van der Waals surface area contributed by atoms with Crippen molar-refractivity contribution in [1.82, 2.24) is 10.6 Å². The number of amides is 1. The van der Waals surface area contributed by atoms with Crippen molar-refractivity contribution >= 4 is 5.91 Å². The molecule has 1 fully saturated rings. The average molecular weight is 174 g/mol. The third-order valence-corrected chi connectivity index (χ3v) is 2.01. The smallest absolute Gasteiger partial charge is 0.217 e. The van der Waals surface area contributed by atoms with Crippen LogP contribution in [-0.2, 0) is 4.79 Å². The van der Waals surface area contributed by atoms with E-state index in [-0.39, 0.29) is 24.6 Å². The summed E-state index contributed by atoms with van der Waals surface area (Å²) in [5.41, 5.74) is 0. The standard InChI is InChI=1S/C7H14N2O3/c1-4(11)9-5-2-8-6(3-10)7(5)12/h5-8,10,12H,2-3H2,1H3,(H,9,11)/t5-,6-,7-/m0/s1. The number of hydrogen-bond donors (Lipinski definition) is 4. The van der Waals surface area contributed by atoms with E-state index in [2.05, 4.69) is 10.6 Å². The summed E-state index contributed by atoms with van der Waals surface area (Å²) in [4.78, 5) is 10.6. The summed E-state index contributed by atoms with van der Waals surface area (Å²) in [7, 11) is 0. The Kier molecular flexibility index (Phi) is 3.02. The van der Waals surface area contributed by atoms with E-state index in [0.29, 0.717) is 6.54 Å². The van der Waals surface area contributed by atoms with Gasteiger partial charge in [-0.25, -0.2) is 0 Å². The Bertz CT molecular complexity index is 174. The van der Waals surface area contributed by atoms with Gasteiger partial charge in [0.05, 0.1) is 24.8 Å². The molecule has 0 saturated carbocycles. The number of carbonyl (C=O) groups excluding carboxylic acids is 1. The molecule has 4 N–H and O–H groups in total. The van der Waals surface area contributed by atoms with Gasteiger partial charge in [0.1, 0.15) is 0 Å². The first-order valence-corrected chi connectivity index (χ1v) is 3.94. The van der Waals surface area contributed by atoms with Crippen LogP contribution in [0, 0.1) is 0 Å². The SMILES string of the molecule is CC(=O)N[C@H]1CN[C@@H](CO)[C@H]1O. The summed E-state index contributed by atoms with van der Waals surface area (Å²) in [6.07, 6.45) is -0.695. The maximum absolute atomic E-state index is 10.6. The summed E-state index contributed by atoms with van der Waals surface area (Å²) in [6.45, 7) is 1.79. The molecule has 0 aromatic carbocycles. The first-order valence-electron chi connectivity index (χ1n) is 3.94. The summed E-state index contributed by atoms with van der Waals surface area (Å²) in [5.74, 6) is -0.167. The van der Waals surface area contributed by atoms with Crippen LogP contribution in [0.5, 0.6) is 0 Å².